The highest BCUT2D eigenvalue weighted by Crippen LogP contribution is 2.63. The minimum atomic E-state index is -0.864. The molecule has 0 spiro atoms. The molecule has 0 heterocycles. The predicted octanol–water partition coefficient (Wildman–Crippen LogP) is 2.24. The predicted molar refractivity (Wildman–Crippen MR) is 83.5 cm³/mol. The second kappa shape index (κ2) is 4.62. The lowest BCUT2D eigenvalue weighted by molar-refractivity contribution is -0.140. The lowest BCUT2D eigenvalue weighted by Crippen LogP contribution is -2.53. The third-order valence-corrected chi connectivity index (χ3v) is 7.52. The van der Waals surface area contributed by atoms with Crippen LogP contribution in [0.1, 0.15) is 52.4 Å². The molecule has 0 aromatic rings. The Hall–Kier alpha value is -1.29. The fourth-order valence-corrected chi connectivity index (χ4v) is 6.18. The van der Waals surface area contributed by atoms with Gasteiger partial charge in [-0.25, -0.2) is 0 Å². The van der Waals surface area contributed by atoms with Crippen molar-refractivity contribution in [2.75, 3.05) is 0 Å². The molecule has 4 heteroatoms. The lowest BCUT2D eigenvalue weighted by atomic mass is 9.47. The van der Waals surface area contributed by atoms with Gasteiger partial charge in [-0.05, 0) is 54.9 Å². The molecule has 4 rings (SSSR count). The van der Waals surface area contributed by atoms with Crippen LogP contribution in [0.2, 0.25) is 0 Å². The third-order valence-electron chi connectivity index (χ3n) is 7.52. The number of allylic oxidation sites excluding steroid dienone is 1. The number of carbonyl (C=O) groups excluding carboxylic acids is 3. The van der Waals surface area contributed by atoms with Crippen LogP contribution in [-0.4, -0.2) is 28.6 Å². The summed E-state index contributed by atoms with van der Waals surface area (Å²) in [5.74, 6) is 0.729. The van der Waals surface area contributed by atoms with E-state index < -0.39 is 11.5 Å². The van der Waals surface area contributed by atoms with Gasteiger partial charge in [-0.2, -0.15) is 0 Å². The fraction of sp³-hybridized carbons (Fsp3) is 0.737. The van der Waals surface area contributed by atoms with Crippen LogP contribution in [0.15, 0.2) is 11.6 Å². The average Bonchev–Trinajstić information content (AvgIpc) is 2.73. The number of ketones is 3. The van der Waals surface area contributed by atoms with Crippen molar-refractivity contribution < 1.29 is 19.5 Å². The van der Waals surface area contributed by atoms with E-state index in [9.17, 15) is 19.5 Å². The van der Waals surface area contributed by atoms with E-state index in [1.807, 2.05) is 6.92 Å². The molecule has 4 aliphatic rings. The maximum Gasteiger partial charge on any atom is 0.167 e. The number of aliphatic hydroxyl groups is 1. The van der Waals surface area contributed by atoms with Crippen molar-refractivity contribution in [2.45, 2.75) is 58.5 Å². The second-order valence-corrected chi connectivity index (χ2v) is 8.52. The molecule has 0 aromatic carbocycles. The fourth-order valence-electron chi connectivity index (χ4n) is 6.18. The molecular formula is C19H24O4. The summed E-state index contributed by atoms with van der Waals surface area (Å²) in [6, 6.07) is 0. The van der Waals surface area contributed by atoms with Crippen LogP contribution in [-0.2, 0) is 14.4 Å². The van der Waals surface area contributed by atoms with Gasteiger partial charge in [-0.1, -0.05) is 13.8 Å². The van der Waals surface area contributed by atoms with Crippen molar-refractivity contribution >= 4 is 17.3 Å². The van der Waals surface area contributed by atoms with Crippen molar-refractivity contribution in [2.24, 2.45) is 28.6 Å². The van der Waals surface area contributed by atoms with Crippen LogP contribution in [0.25, 0.3) is 0 Å². The third kappa shape index (κ3) is 1.84. The highest BCUT2D eigenvalue weighted by Gasteiger charge is 2.62. The zero-order valence-corrected chi connectivity index (χ0v) is 13.8. The van der Waals surface area contributed by atoms with Gasteiger partial charge in [0.1, 0.15) is 6.10 Å². The summed E-state index contributed by atoms with van der Waals surface area (Å²) in [5.41, 5.74) is 0.0258. The molecule has 0 unspecified atom stereocenters. The molecule has 3 fully saturated rings. The van der Waals surface area contributed by atoms with Crippen molar-refractivity contribution in [1.29, 1.82) is 0 Å². The first kappa shape index (κ1) is 15.3. The first-order valence-electron chi connectivity index (χ1n) is 8.78. The van der Waals surface area contributed by atoms with Crippen LogP contribution in [0.5, 0.6) is 0 Å². The van der Waals surface area contributed by atoms with Gasteiger partial charge in [-0.15, -0.1) is 0 Å². The SMILES string of the molecule is C[C@]12CCC(=O)C=C1C(=O)C[C@@H]1[C@@H]2CC[C@]2(C)C(=O)[C@@H](O)C[C@@H]12. The summed E-state index contributed by atoms with van der Waals surface area (Å²) >= 11 is 0. The zero-order chi connectivity index (χ0) is 16.6. The van der Waals surface area contributed by atoms with E-state index in [-0.39, 0.29) is 34.6 Å². The number of rotatable bonds is 0. The summed E-state index contributed by atoms with van der Waals surface area (Å²) in [6.45, 7) is 4.12. The van der Waals surface area contributed by atoms with Gasteiger partial charge in [0.2, 0.25) is 0 Å². The number of carbonyl (C=O) groups is 3. The summed E-state index contributed by atoms with van der Waals surface area (Å²) in [4.78, 5) is 36.9. The van der Waals surface area contributed by atoms with E-state index in [0.29, 0.717) is 25.2 Å². The number of aliphatic hydroxyl groups excluding tert-OH is 1. The van der Waals surface area contributed by atoms with E-state index in [4.69, 9.17) is 0 Å². The molecular weight excluding hydrogens is 292 g/mol. The molecule has 4 nitrogen and oxygen atoms in total. The Morgan fingerprint density at radius 3 is 2.57 bits per heavy atom. The van der Waals surface area contributed by atoms with E-state index >= 15 is 0 Å². The van der Waals surface area contributed by atoms with Crippen molar-refractivity contribution in [3.63, 3.8) is 0 Å². The van der Waals surface area contributed by atoms with Gasteiger partial charge in [0.15, 0.2) is 17.3 Å². The van der Waals surface area contributed by atoms with Gasteiger partial charge < -0.3 is 5.11 Å². The van der Waals surface area contributed by atoms with Crippen molar-refractivity contribution in [3.8, 4) is 0 Å². The highest BCUT2D eigenvalue weighted by atomic mass is 16.3. The minimum Gasteiger partial charge on any atom is -0.385 e. The topological polar surface area (TPSA) is 71.4 Å². The van der Waals surface area contributed by atoms with Crippen LogP contribution in [0.4, 0.5) is 0 Å². The smallest absolute Gasteiger partial charge is 0.167 e. The van der Waals surface area contributed by atoms with E-state index in [0.717, 1.165) is 24.8 Å². The number of fused-ring (bicyclic) bond motifs is 5. The molecule has 0 aromatic heterocycles. The van der Waals surface area contributed by atoms with E-state index in [1.54, 1.807) is 6.08 Å². The molecule has 0 saturated heterocycles. The van der Waals surface area contributed by atoms with E-state index in [1.165, 1.54) is 0 Å². The molecule has 23 heavy (non-hydrogen) atoms. The minimum absolute atomic E-state index is 0.0290. The van der Waals surface area contributed by atoms with E-state index in [2.05, 4.69) is 6.92 Å². The summed E-state index contributed by atoms with van der Waals surface area (Å²) in [7, 11) is 0. The molecule has 124 valence electrons. The second-order valence-electron chi connectivity index (χ2n) is 8.52. The van der Waals surface area contributed by atoms with Crippen LogP contribution < -0.4 is 0 Å². The quantitative estimate of drug-likeness (QED) is 0.744. The highest BCUT2D eigenvalue weighted by molar-refractivity contribution is 6.06. The van der Waals surface area contributed by atoms with Gasteiger partial charge in [0, 0.05) is 23.8 Å². The van der Waals surface area contributed by atoms with Gasteiger partial charge >= 0.3 is 0 Å². The molecule has 1 N–H and O–H groups in total. The Kier molecular flexibility index (Phi) is 3.07. The Labute approximate surface area is 136 Å². The number of hydrogen-bond donors (Lipinski definition) is 1. The average molecular weight is 316 g/mol. The Bertz CT molecular complexity index is 648. The standard InChI is InChI=1S/C19H24O4/c1-18-5-3-10(20)7-14(18)15(21)8-11-12(18)4-6-19(2)13(11)9-16(22)17(19)23/h7,11-13,16,22H,3-6,8-9H2,1-2H3/t11-,12+,13+,16+,18-,19+/m1/s1. The van der Waals surface area contributed by atoms with Crippen molar-refractivity contribution in [1.82, 2.24) is 0 Å². The number of hydrogen-bond acceptors (Lipinski definition) is 4. The van der Waals surface area contributed by atoms with Gasteiger partial charge in [0.05, 0.1) is 0 Å². The zero-order valence-electron chi connectivity index (χ0n) is 13.8. The van der Waals surface area contributed by atoms with Gasteiger partial charge in [-0.3, -0.25) is 14.4 Å². The van der Waals surface area contributed by atoms with Crippen LogP contribution in [0, 0.1) is 28.6 Å². The van der Waals surface area contributed by atoms with Crippen molar-refractivity contribution in [3.05, 3.63) is 11.6 Å². The maximum absolute atomic E-state index is 12.7. The normalized spacial score (nSPS) is 49.3. The summed E-state index contributed by atoms with van der Waals surface area (Å²) in [5, 5.41) is 10.1. The Balaban J connectivity index is 1.76. The summed E-state index contributed by atoms with van der Waals surface area (Å²) in [6.07, 6.45) is 4.61. The Morgan fingerprint density at radius 1 is 1.09 bits per heavy atom. The molecule has 3 saturated carbocycles. The lowest BCUT2D eigenvalue weighted by Gasteiger charge is -2.55. The molecule has 0 amide bonds. The maximum atomic E-state index is 12.7. The first-order chi connectivity index (χ1) is 10.8. The monoisotopic (exact) mass is 316 g/mol. The molecule has 0 radical (unpaired) electrons. The van der Waals surface area contributed by atoms with Gasteiger partial charge in [0.25, 0.3) is 0 Å². The molecule has 0 aliphatic heterocycles. The largest absolute Gasteiger partial charge is 0.385 e. The Morgan fingerprint density at radius 2 is 1.83 bits per heavy atom. The molecule has 6 atom stereocenters. The molecule has 4 aliphatic carbocycles. The molecule has 0 bridgehead atoms. The van der Waals surface area contributed by atoms with Crippen LogP contribution >= 0.6 is 0 Å². The summed E-state index contributed by atoms with van der Waals surface area (Å²) < 4.78 is 0. The number of Topliss-reactive ketones (excluding diaryl/α,β-unsaturated/α-hetero) is 2. The van der Waals surface area contributed by atoms with Crippen LogP contribution in [0.3, 0.4) is 0 Å². The first-order valence-corrected chi connectivity index (χ1v) is 8.78.